The summed E-state index contributed by atoms with van der Waals surface area (Å²) in [7, 11) is -4.53. The Morgan fingerprint density at radius 2 is 2.06 bits per heavy atom. The molecule has 0 saturated heterocycles. The molecule has 0 N–H and O–H groups in total. The zero-order valence-corrected chi connectivity index (χ0v) is 9.47. The first-order valence-corrected chi connectivity index (χ1v) is 5.87. The summed E-state index contributed by atoms with van der Waals surface area (Å²) in [6.45, 7) is 0. The van der Waals surface area contributed by atoms with Crippen LogP contribution in [0.2, 0.25) is 0 Å². The summed E-state index contributed by atoms with van der Waals surface area (Å²) < 4.78 is 65.5. The average molecular weight is 274 g/mol. The van der Waals surface area contributed by atoms with Gasteiger partial charge in [-0.3, -0.25) is 4.79 Å². The van der Waals surface area contributed by atoms with Gasteiger partial charge in [0.25, 0.3) is 0 Å². The molecule has 1 aliphatic carbocycles. The predicted molar refractivity (Wildman–Crippen MR) is 48.9 cm³/mol. The van der Waals surface area contributed by atoms with E-state index in [2.05, 4.69) is 8.92 Å². The molecule has 1 unspecified atom stereocenters. The van der Waals surface area contributed by atoms with Crippen LogP contribution in [0.15, 0.2) is 11.8 Å². The van der Waals surface area contributed by atoms with Crippen LogP contribution in [0.25, 0.3) is 0 Å². The van der Waals surface area contributed by atoms with Gasteiger partial charge in [0.05, 0.1) is 13.0 Å². The molecule has 0 bridgehead atoms. The van der Waals surface area contributed by atoms with Crippen molar-refractivity contribution >= 4 is 16.1 Å². The molecule has 1 rings (SSSR count). The molecule has 0 aromatic heterocycles. The molecule has 1 atom stereocenters. The molecule has 9 heteroatoms. The zero-order valence-electron chi connectivity index (χ0n) is 8.65. The Kier molecular flexibility index (Phi) is 3.70. The van der Waals surface area contributed by atoms with Crippen LogP contribution < -0.4 is 0 Å². The molecule has 0 saturated carbocycles. The van der Waals surface area contributed by atoms with Gasteiger partial charge in [0.2, 0.25) is 0 Å². The third-order valence-corrected chi connectivity index (χ3v) is 3.09. The SMILES string of the molecule is COC(=O)C1C=C(OS(=O)(=O)C(F)(F)F)CC1. The largest absolute Gasteiger partial charge is 0.534 e. The van der Waals surface area contributed by atoms with E-state index in [-0.39, 0.29) is 12.8 Å². The van der Waals surface area contributed by atoms with E-state index in [1.165, 1.54) is 0 Å². The summed E-state index contributed by atoms with van der Waals surface area (Å²) in [5, 5.41) is 0. The Balaban J connectivity index is 2.76. The van der Waals surface area contributed by atoms with Crippen LogP contribution in [0.4, 0.5) is 13.2 Å². The number of alkyl halides is 3. The van der Waals surface area contributed by atoms with E-state index in [4.69, 9.17) is 0 Å². The Hall–Kier alpha value is -1.25. The molecule has 0 spiro atoms. The van der Waals surface area contributed by atoms with E-state index in [1.807, 2.05) is 0 Å². The van der Waals surface area contributed by atoms with Gasteiger partial charge < -0.3 is 8.92 Å². The monoisotopic (exact) mass is 274 g/mol. The fourth-order valence-electron chi connectivity index (χ4n) is 1.28. The van der Waals surface area contributed by atoms with E-state index < -0.39 is 33.3 Å². The van der Waals surface area contributed by atoms with E-state index in [9.17, 15) is 26.4 Å². The van der Waals surface area contributed by atoms with Crippen LogP contribution in [0.5, 0.6) is 0 Å². The summed E-state index contributed by atoms with van der Waals surface area (Å²) in [4.78, 5) is 11.0. The quantitative estimate of drug-likeness (QED) is 0.441. The van der Waals surface area contributed by atoms with Crippen molar-refractivity contribution in [3.05, 3.63) is 11.8 Å². The molecule has 98 valence electrons. The number of allylic oxidation sites excluding steroid dienone is 1. The number of hydrogen-bond acceptors (Lipinski definition) is 5. The standard InChI is InChI=1S/C8H9F3O5S/c1-15-7(12)5-2-3-6(4-5)16-17(13,14)8(9,10)11/h4-5H,2-3H2,1H3. The van der Waals surface area contributed by atoms with Gasteiger partial charge in [-0.15, -0.1) is 0 Å². The third-order valence-electron chi connectivity index (χ3n) is 2.09. The predicted octanol–water partition coefficient (Wildman–Crippen LogP) is 1.32. The van der Waals surface area contributed by atoms with E-state index >= 15 is 0 Å². The highest BCUT2D eigenvalue weighted by molar-refractivity contribution is 7.87. The topological polar surface area (TPSA) is 69.7 Å². The van der Waals surface area contributed by atoms with Gasteiger partial charge in [-0.25, -0.2) is 0 Å². The first-order chi connectivity index (χ1) is 7.67. The van der Waals surface area contributed by atoms with Gasteiger partial charge in [-0.1, -0.05) is 0 Å². The molecule has 17 heavy (non-hydrogen) atoms. The number of esters is 1. The number of halogens is 3. The summed E-state index contributed by atoms with van der Waals surface area (Å²) in [5.74, 6) is -1.80. The number of carbonyl (C=O) groups is 1. The first-order valence-electron chi connectivity index (χ1n) is 4.46. The second-order valence-electron chi connectivity index (χ2n) is 3.28. The Morgan fingerprint density at radius 3 is 2.53 bits per heavy atom. The van der Waals surface area contributed by atoms with Crippen molar-refractivity contribution < 1.29 is 35.3 Å². The smallest absolute Gasteiger partial charge is 0.469 e. The highest BCUT2D eigenvalue weighted by Crippen LogP contribution is 2.32. The highest BCUT2D eigenvalue weighted by atomic mass is 32.2. The van der Waals surface area contributed by atoms with Crippen molar-refractivity contribution in [3.63, 3.8) is 0 Å². The second-order valence-corrected chi connectivity index (χ2v) is 4.82. The molecule has 0 radical (unpaired) electrons. The zero-order chi connectivity index (χ0) is 13.3. The third kappa shape index (κ3) is 3.11. The lowest BCUT2D eigenvalue weighted by molar-refractivity contribution is -0.143. The number of hydrogen-bond donors (Lipinski definition) is 0. The lowest BCUT2D eigenvalue weighted by atomic mass is 10.1. The van der Waals surface area contributed by atoms with E-state index in [0.29, 0.717) is 0 Å². The van der Waals surface area contributed by atoms with Gasteiger partial charge in [-0.05, 0) is 12.5 Å². The van der Waals surface area contributed by atoms with Crippen molar-refractivity contribution in [1.82, 2.24) is 0 Å². The maximum atomic E-state index is 12.0. The van der Waals surface area contributed by atoms with Crippen LogP contribution in [-0.2, 0) is 23.8 Å². The van der Waals surface area contributed by atoms with Gasteiger partial charge in [-0.2, -0.15) is 21.6 Å². The molecule has 0 aromatic rings. The fourth-order valence-corrected chi connectivity index (χ4v) is 1.80. The lowest BCUT2D eigenvalue weighted by Crippen LogP contribution is -2.25. The minimum Gasteiger partial charge on any atom is -0.469 e. The summed E-state index contributed by atoms with van der Waals surface area (Å²) >= 11 is 0. The van der Waals surface area contributed by atoms with Crippen molar-refractivity contribution in [3.8, 4) is 0 Å². The fraction of sp³-hybridized carbons (Fsp3) is 0.625. The van der Waals surface area contributed by atoms with Gasteiger partial charge in [0, 0.05) is 6.42 Å². The normalized spacial score (nSPS) is 20.9. The van der Waals surface area contributed by atoms with Crippen molar-refractivity contribution in [2.45, 2.75) is 18.3 Å². The van der Waals surface area contributed by atoms with Gasteiger partial charge >= 0.3 is 21.6 Å². The van der Waals surface area contributed by atoms with Crippen LogP contribution in [0.1, 0.15) is 12.8 Å². The lowest BCUT2D eigenvalue weighted by Gasteiger charge is -2.09. The Labute approximate surface area is 95.3 Å². The van der Waals surface area contributed by atoms with Crippen LogP contribution in [0.3, 0.4) is 0 Å². The molecule has 0 amide bonds. The Morgan fingerprint density at radius 1 is 1.47 bits per heavy atom. The van der Waals surface area contributed by atoms with E-state index in [1.54, 1.807) is 0 Å². The van der Waals surface area contributed by atoms with Crippen molar-refractivity contribution in [2.75, 3.05) is 7.11 Å². The molecule has 0 heterocycles. The number of carbonyl (C=O) groups excluding carboxylic acids is 1. The average Bonchev–Trinajstić information content (AvgIpc) is 2.62. The molecule has 0 aromatic carbocycles. The molecule has 1 aliphatic rings. The molecule has 5 nitrogen and oxygen atoms in total. The minimum absolute atomic E-state index is 0.0604. The van der Waals surface area contributed by atoms with E-state index in [0.717, 1.165) is 13.2 Å². The molecule has 0 fully saturated rings. The second kappa shape index (κ2) is 4.55. The van der Waals surface area contributed by atoms with Crippen molar-refractivity contribution in [1.29, 1.82) is 0 Å². The minimum atomic E-state index is -5.66. The van der Waals surface area contributed by atoms with Crippen LogP contribution in [-0.4, -0.2) is 27.0 Å². The molecule has 0 aliphatic heterocycles. The number of rotatable bonds is 3. The summed E-state index contributed by atoms with van der Waals surface area (Å²) in [6, 6.07) is 0. The Bertz CT molecular complexity index is 437. The first kappa shape index (κ1) is 13.8. The molecular formula is C8H9F3O5S. The van der Waals surface area contributed by atoms with Gasteiger partial charge in [0.15, 0.2) is 0 Å². The number of ether oxygens (including phenoxy) is 1. The summed E-state index contributed by atoms with van der Waals surface area (Å²) in [5.41, 5.74) is -5.48. The summed E-state index contributed by atoms with van der Waals surface area (Å²) in [6.07, 6.45) is 1.12. The maximum Gasteiger partial charge on any atom is 0.534 e. The maximum absolute atomic E-state index is 12.0. The highest BCUT2D eigenvalue weighted by Gasteiger charge is 2.49. The number of methoxy groups -OCH3 is 1. The van der Waals surface area contributed by atoms with Crippen LogP contribution >= 0.6 is 0 Å². The van der Waals surface area contributed by atoms with Crippen LogP contribution in [0, 0.1) is 5.92 Å². The van der Waals surface area contributed by atoms with Gasteiger partial charge in [0.1, 0.15) is 5.76 Å². The van der Waals surface area contributed by atoms with Crippen molar-refractivity contribution in [2.24, 2.45) is 5.92 Å². The molecular weight excluding hydrogens is 265 g/mol.